The molecule has 0 spiro atoms. The van der Waals surface area contributed by atoms with Crippen molar-refractivity contribution >= 4 is 29.6 Å². The summed E-state index contributed by atoms with van der Waals surface area (Å²) in [4.78, 5) is 59.2. The zero-order valence-corrected chi connectivity index (χ0v) is 16.7. The molecule has 0 aromatic heterocycles. The van der Waals surface area contributed by atoms with E-state index in [4.69, 9.17) is 11.5 Å². The molecular formula is C17H31N5O6. The largest absolute Gasteiger partial charge is 0.480 e. The van der Waals surface area contributed by atoms with Gasteiger partial charge < -0.3 is 32.5 Å². The van der Waals surface area contributed by atoms with E-state index in [0.717, 1.165) is 0 Å². The molecule has 0 aromatic rings. The first-order chi connectivity index (χ1) is 12.9. The highest BCUT2D eigenvalue weighted by Gasteiger charge is 2.33. The smallest absolute Gasteiger partial charge is 0.326 e. The minimum atomic E-state index is -1.30. The van der Waals surface area contributed by atoms with Gasteiger partial charge in [-0.15, -0.1) is 0 Å². The Bertz CT molecular complexity index is 595. The number of nitrogens with two attached hydrogens (primary N) is 2. The van der Waals surface area contributed by atoms with Crippen LogP contribution in [-0.2, 0) is 24.0 Å². The van der Waals surface area contributed by atoms with Gasteiger partial charge in [-0.2, -0.15) is 0 Å². The maximum Gasteiger partial charge on any atom is 0.326 e. The van der Waals surface area contributed by atoms with Gasteiger partial charge in [0.2, 0.25) is 23.6 Å². The summed E-state index contributed by atoms with van der Waals surface area (Å²) in [5.74, 6) is -4.88. The summed E-state index contributed by atoms with van der Waals surface area (Å²) in [6.45, 7) is 6.39. The third-order valence-electron chi connectivity index (χ3n) is 4.27. The Hall–Kier alpha value is -2.69. The molecule has 0 aliphatic carbocycles. The Morgan fingerprint density at radius 3 is 1.86 bits per heavy atom. The molecule has 4 unspecified atom stereocenters. The summed E-state index contributed by atoms with van der Waals surface area (Å²) in [6.07, 6.45) is 0.0313. The Kier molecular flexibility index (Phi) is 10.8. The molecule has 11 nitrogen and oxygen atoms in total. The van der Waals surface area contributed by atoms with E-state index in [0.29, 0.717) is 6.42 Å². The number of rotatable bonds is 12. The van der Waals surface area contributed by atoms with Gasteiger partial charge in [0.25, 0.3) is 0 Å². The van der Waals surface area contributed by atoms with E-state index in [9.17, 15) is 29.1 Å². The van der Waals surface area contributed by atoms with Crippen LogP contribution >= 0.6 is 0 Å². The first kappa shape index (κ1) is 25.3. The molecule has 0 radical (unpaired) electrons. The molecule has 4 atom stereocenters. The highest BCUT2D eigenvalue weighted by Crippen LogP contribution is 2.11. The highest BCUT2D eigenvalue weighted by molar-refractivity contribution is 5.95. The molecule has 11 heteroatoms. The summed E-state index contributed by atoms with van der Waals surface area (Å²) in [6, 6.07) is -3.49. The molecule has 160 valence electrons. The Morgan fingerprint density at radius 1 is 0.929 bits per heavy atom. The molecule has 0 saturated carbocycles. The van der Waals surface area contributed by atoms with Crippen LogP contribution in [-0.4, -0.2) is 59.4 Å². The van der Waals surface area contributed by atoms with Gasteiger partial charge in [-0.3, -0.25) is 19.2 Å². The Labute approximate surface area is 164 Å². The average molecular weight is 401 g/mol. The first-order valence-electron chi connectivity index (χ1n) is 9.05. The quantitative estimate of drug-likeness (QED) is 0.219. The van der Waals surface area contributed by atoms with Crippen LogP contribution in [0.25, 0.3) is 0 Å². The Morgan fingerprint density at radius 2 is 1.46 bits per heavy atom. The van der Waals surface area contributed by atoms with Crippen LogP contribution in [0.2, 0.25) is 0 Å². The number of nitrogens with one attached hydrogen (secondary N) is 3. The molecule has 0 rings (SSSR count). The number of carbonyl (C=O) groups is 5. The minimum absolute atomic E-state index is 0.343. The van der Waals surface area contributed by atoms with Gasteiger partial charge in [0.1, 0.15) is 18.1 Å². The lowest BCUT2D eigenvalue weighted by molar-refractivity contribution is -0.144. The molecule has 0 saturated heterocycles. The maximum absolute atomic E-state index is 12.6. The molecule has 0 aliphatic rings. The second-order valence-electron chi connectivity index (χ2n) is 6.93. The molecule has 0 aromatic carbocycles. The van der Waals surface area contributed by atoms with Gasteiger partial charge in [-0.25, -0.2) is 4.79 Å². The van der Waals surface area contributed by atoms with Crippen molar-refractivity contribution in [3.63, 3.8) is 0 Å². The van der Waals surface area contributed by atoms with Gasteiger partial charge in [-0.1, -0.05) is 34.1 Å². The predicted molar refractivity (Wildman–Crippen MR) is 101 cm³/mol. The van der Waals surface area contributed by atoms with Gasteiger partial charge in [0.05, 0.1) is 13.0 Å². The number of carboxylic acid groups (broad SMARTS) is 1. The summed E-state index contributed by atoms with van der Waals surface area (Å²) in [5.41, 5.74) is 10.3. The number of hydrogen-bond acceptors (Lipinski definition) is 6. The molecule has 8 N–H and O–H groups in total. The molecule has 28 heavy (non-hydrogen) atoms. The third kappa shape index (κ3) is 8.33. The van der Waals surface area contributed by atoms with E-state index >= 15 is 0 Å². The van der Waals surface area contributed by atoms with E-state index in [1.165, 1.54) is 0 Å². The average Bonchev–Trinajstić information content (AvgIpc) is 2.61. The zero-order chi connectivity index (χ0) is 22.0. The Balaban J connectivity index is 5.45. The molecule has 0 bridgehead atoms. The second-order valence-corrected chi connectivity index (χ2v) is 6.93. The molecule has 4 amide bonds. The fourth-order valence-corrected chi connectivity index (χ4v) is 2.38. The van der Waals surface area contributed by atoms with Gasteiger partial charge >= 0.3 is 5.97 Å². The van der Waals surface area contributed by atoms with E-state index in [1.54, 1.807) is 27.7 Å². The summed E-state index contributed by atoms with van der Waals surface area (Å²) >= 11 is 0. The SMILES string of the molecule is CCC(C)C(NC(=O)C(CC(N)=O)NC(=O)CN)C(=O)NC(C(=O)O)C(C)C. The van der Waals surface area contributed by atoms with Crippen LogP contribution in [0.15, 0.2) is 0 Å². The minimum Gasteiger partial charge on any atom is -0.480 e. The van der Waals surface area contributed by atoms with Crippen LogP contribution in [0, 0.1) is 11.8 Å². The van der Waals surface area contributed by atoms with Crippen molar-refractivity contribution in [2.24, 2.45) is 23.3 Å². The third-order valence-corrected chi connectivity index (χ3v) is 4.27. The van der Waals surface area contributed by atoms with Crippen molar-refractivity contribution in [3.05, 3.63) is 0 Å². The summed E-state index contributed by atoms with van der Waals surface area (Å²) in [5, 5.41) is 16.4. The maximum atomic E-state index is 12.6. The highest BCUT2D eigenvalue weighted by atomic mass is 16.4. The monoisotopic (exact) mass is 401 g/mol. The molecule has 0 fully saturated rings. The van der Waals surface area contributed by atoms with Crippen molar-refractivity contribution in [2.45, 2.75) is 58.7 Å². The zero-order valence-electron chi connectivity index (χ0n) is 16.7. The van der Waals surface area contributed by atoms with Crippen LogP contribution < -0.4 is 27.4 Å². The summed E-state index contributed by atoms with van der Waals surface area (Å²) in [7, 11) is 0. The number of aliphatic carboxylic acids is 1. The predicted octanol–water partition coefficient (Wildman–Crippen LogP) is -1.94. The van der Waals surface area contributed by atoms with E-state index in [2.05, 4.69) is 16.0 Å². The number of primary amides is 1. The van der Waals surface area contributed by atoms with Crippen LogP contribution in [0.4, 0.5) is 0 Å². The first-order valence-corrected chi connectivity index (χ1v) is 9.05. The van der Waals surface area contributed by atoms with Crippen LogP contribution in [0.1, 0.15) is 40.5 Å². The lowest BCUT2D eigenvalue weighted by Gasteiger charge is -2.28. The number of amides is 4. The van der Waals surface area contributed by atoms with Crippen molar-refractivity contribution in [1.29, 1.82) is 0 Å². The van der Waals surface area contributed by atoms with Crippen molar-refractivity contribution in [1.82, 2.24) is 16.0 Å². The standard InChI is InChI=1S/C17H31N5O6/c1-5-9(4)14(16(26)21-13(8(2)3)17(27)28)22-15(25)10(6-11(19)23)20-12(24)7-18/h8-10,13-14H,5-7,18H2,1-4H3,(H2,19,23)(H,20,24)(H,21,26)(H,22,25)(H,27,28). The number of carbonyl (C=O) groups excluding carboxylic acids is 4. The van der Waals surface area contributed by atoms with Crippen molar-refractivity contribution in [3.8, 4) is 0 Å². The van der Waals surface area contributed by atoms with E-state index in [1.807, 2.05) is 0 Å². The lowest BCUT2D eigenvalue weighted by Crippen LogP contribution is -2.59. The number of carboxylic acids is 1. The van der Waals surface area contributed by atoms with Crippen molar-refractivity contribution in [2.75, 3.05) is 6.54 Å². The van der Waals surface area contributed by atoms with Gasteiger partial charge in [0, 0.05) is 0 Å². The van der Waals surface area contributed by atoms with Crippen LogP contribution in [0.3, 0.4) is 0 Å². The normalized spacial score (nSPS) is 15.1. The number of hydrogen-bond donors (Lipinski definition) is 6. The fraction of sp³-hybridized carbons (Fsp3) is 0.706. The van der Waals surface area contributed by atoms with Gasteiger partial charge in [0.15, 0.2) is 0 Å². The fourth-order valence-electron chi connectivity index (χ4n) is 2.38. The summed E-state index contributed by atoms with van der Waals surface area (Å²) < 4.78 is 0. The molecule has 0 heterocycles. The van der Waals surface area contributed by atoms with E-state index < -0.39 is 60.7 Å². The molecular weight excluding hydrogens is 370 g/mol. The van der Waals surface area contributed by atoms with Crippen molar-refractivity contribution < 1.29 is 29.1 Å². The molecule has 0 aliphatic heterocycles. The second kappa shape index (κ2) is 11.9. The van der Waals surface area contributed by atoms with E-state index in [-0.39, 0.29) is 11.8 Å². The van der Waals surface area contributed by atoms with Gasteiger partial charge in [-0.05, 0) is 11.8 Å². The lowest BCUT2D eigenvalue weighted by atomic mass is 9.96. The van der Waals surface area contributed by atoms with Crippen LogP contribution in [0.5, 0.6) is 0 Å². The topological polar surface area (TPSA) is 194 Å².